The van der Waals surface area contributed by atoms with E-state index in [-0.39, 0.29) is 29.1 Å². The number of unbranched alkanes of at least 4 members (excludes halogenated alkanes) is 3. The third-order valence-electron chi connectivity index (χ3n) is 8.68. The number of fused-ring (bicyclic) bond motifs is 2. The van der Waals surface area contributed by atoms with Gasteiger partial charge in [-0.1, -0.05) is 50.1 Å². The quantitative estimate of drug-likeness (QED) is 0.371. The Morgan fingerprint density at radius 3 is 2.58 bits per heavy atom. The molecule has 0 saturated carbocycles. The molecule has 3 amide bonds. The lowest BCUT2D eigenvalue weighted by molar-refractivity contribution is -0.140. The minimum absolute atomic E-state index is 0.0553. The van der Waals surface area contributed by atoms with E-state index in [4.69, 9.17) is 5.11 Å². The van der Waals surface area contributed by atoms with Crippen LogP contribution in [0.1, 0.15) is 58.8 Å². The number of likely N-dealkylation sites (tertiary alicyclic amines) is 1. The Morgan fingerprint density at radius 1 is 1.05 bits per heavy atom. The van der Waals surface area contributed by atoms with E-state index in [0.29, 0.717) is 18.8 Å². The lowest BCUT2D eigenvalue weighted by Crippen LogP contribution is -2.52. The van der Waals surface area contributed by atoms with Gasteiger partial charge in [0.15, 0.2) is 0 Å². The van der Waals surface area contributed by atoms with Gasteiger partial charge in [0, 0.05) is 30.1 Å². The summed E-state index contributed by atoms with van der Waals surface area (Å²) in [6, 6.07) is 13.3. The summed E-state index contributed by atoms with van der Waals surface area (Å²) in [5.41, 5.74) is 0.713. The molecule has 0 aromatic heterocycles. The smallest absolute Gasteiger partial charge is 0.248 e. The maximum atomic E-state index is 14.1. The Bertz CT molecular complexity index is 1220. The van der Waals surface area contributed by atoms with Crippen molar-refractivity contribution in [2.45, 2.75) is 74.3 Å². The number of rotatable bonds is 11. The largest absolute Gasteiger partial charge is 0.396 e. The monoisotopic (exact) mass is 537 g/mol. The first-order valence-corrected chi connectivity index (χ1v) is 14.8. The van der Waals surface area contributed by atoms with Crippen LogP contribution in [0.3, 0.4) is 0 Å². The van der Waals surface area contributed by atoms with Crippen molar-refractivity contribution in [1.82, 2.24) is 10.2 Å². The number of anilines is 1. The Kier molecular flexibility index (Phi) is 7.74. The molecule has 38 heavy (non-hydrogen) atoms. The molecule has 2 unspecified atom stereocenters. The minimum Gasteiger partial charge on any atom is -0.396 e. The molecule has 7 nitrogen and oxygen atoms in total. The molecule has 3 fully saturated rings. The van der Waals surface area contributed by atoms with E-state index in [9.17, 15) is 14.4 Å². The average Bonchev–Trinajstić information content (AvgIpc) is 3.47. The Hall–Kier alpha value is -2.58. The lowest BCUT2D eigenvalue weighted by Gasteiger charge is -2.34. The van der Waals surface area contributed by atoms with Gasteiger partial charge in [-0.05, 0) is 61.9 Å². The third kappa shape index (κ3) is 4.60. The highest BCUT2D eigenvalue weighted by atomic mass is 32.2. The predicted octanol–water partition coefficient (Wildman–Crippen LogP) is 4.34. The van der Waals surface area contributed by atoms with Crippen LogP contribution in [-0.2, 0) is 14.4 Å². The molecule has 204 valence electrons. The van der Waals surface area contributed by atoms with E-state index in [2.05, 4.69) is 17.6 Å². The van der Waals surface area contributed by atoms with E-state index < -0.39 is 22.6 Å². The fourth-order valence-electron chi connectivity index (χ4n) is 6.95. The molecule has 5 atom stereocenters. The maximum absolute atomic E-state index is 14.1. The van der Waals surface area contributed by atoms with Gasteiger partial charge in [-0.2, -0.15) is 0 Å². The van der Waals surface area contributed by atoms with E-state index >= 15 is 0 Å². The number of amides is 3. The highest BCUT2D eigenvalue weighted by Gasteiger charge is 2.76. The summed E-state index contributed by atoms with van der Waals surface area (Å²) in [6.45, 7) is 5.36. The second kappa shape index (κ2) is 10.9. The van der Waals surface area contributed by atoms with E-state index in [1.165, 1.54) is 0 Å². The standard InChI is InChI=1S/C30H39N3O4S/c1-3-16-31-26(35)23-24-28(37)33(17-8-4-5-9-18-34)25(30(24)15-14-29(23,2)38-30)27(36)32-22-13-12-20-10-6-7-11-21(20)19-22/h6-7,10-13,19,23-25,34H,3-5,8-9,14-18H2,1-2H3,(H,31,35)(H,32,36)/t23-,24-,25?,29+,30?/m0/s1. The van der Waals surface area contributed by atoms with Gasteiger partial charge in [-0.15, -0.1) is 11.8 Å². The second-order valence-corrected chi connectivity index (χ2v) is 13.1. The van der Waals surface area contributed by atoms with E-state index in [1.54, 1.807) is 16.7 Å². The summed E-state index contributed by atoms with van der Waals surface area (Å²) in [7, 11) is 0. The molecule has 3 N–H and O–H groups in total. The molecule has 2 aromatic rings. The minimum atomic E-state index is -0.625. The van der Waals surface area contributed by atoms with Crippen LogP contribution in [0.2, 0.25) is 0 Å². The molecular weight excluding hydrogens is 498 g/mol. The Balaban J connectivity index is 1.45. The fraction of sp³-hybridized carbons (Fsp3) is 0.567. The van der Waals surface area contributed by atoms with Crippen LogP contribution in [0.4, 0.5) is 5.69 Å². The summed E-state index contributed by atoms with van der Waals surface area (Å²) >= 11 is 1.71. The number of thioether (sulfide) groups is 1. The van der Waals surface area contributed by atoms with Crippen molar-refractivity contribution in [3.63, 3.8) is 0 Å². The van der Waals surface area contributed by atoms with Crippen molar-refractivity contribution in [3.05, 3.63) is 42.5 Å². The normalized spacial score (nSPS) is 29.6. The van der Waals surface area contributed by atoms with Crippen LogP contribution in [0, 0.1) is 11.8 Å². The zero-order valence-electron chi connectivity index (χ0n) is 22.4. The van der Waals surface area contributed by atoms with Crippen molar-refractivity contribution in [1.29, 1.82) is 0 Å². The topological polar surface area (TPSA) is 98.7 Å². The first-order chi connectivity index (χ1) is 18.3. The van der Waals surface area contributed by atoms with Gasteiger partial charge in [0.05, 0.1) is 16.6 Å². The van der Waals surface area contributed by atoms with Gasteiger partial charge in [0.25, 0.3) is 0 Å². The molecule has 3 heterocycles. The first kappa shape index (κ1) is 27.0. The van der Waals surface area contributed by atoms with Gasteiger partial charge >= 0.3 is 0 Å². The predicted molar refractivity (Wildman–Crippen MR) is 152 cm³/mol. The van der Waals surface area contributed by atoms with Gasteiger partial charge < -0.3 is 20.6 Å². The van der Waals surface area contributed by atoms with E-state index in [0.717, 1.165) is 55.7 Å². The van der Waals surface area contributed by atoms with Gasteiger partial charge in [-0.3, -0.25) is 14.4 Å². The van der Waals surface area contributed by atoms with Crippen LogP contribution in [0.15, 0.2) is 42.5 Å². The van der Waals surface area contributed by atoms with Crippen LogP contribution >= 0.6 is 11.8 Å². The third-order valence-corrected chi connectivity index (χ3v) is 10.7. The molecule has 2 bridgehead atoms. The number of hydrogen-bond donors (Lipinski definition) is 3. The molecular formula is C30H39N3O4S. The van der Waals surface area contributed by atoms with Crippen molar-refractivity contribution in [2.24, 2.45) is 11.8 Å². The first-order valence-electron chi connectivity index (χ1n) is 14.0. The number of aliphatic hydroxyl groups excluding tert-OH is 1. The maximum Gasteiger partial charge on any atom is 0.248 e. The summed E-state index contributed by atoms with van der Waals surface area (Å²) in [6.07, 6.45) is 5.67. The van der Waals surface area contributed by atoms with Gasteiger partial charge in [0.1, 0.15) is 6.04 Å². The Labute approximate surface area is 229 Å². The fourth-order valence-corrected chi connectivity index (χ4v) is 9.31. The summed E-state index contributed by atoms with van der Waals surface area (Å²) in [4.78, 5) is 43.3. The molecule has 3 aliphatic heterocycles. The molecule has 0 radical (unpaired) electrons. The molecule has 0 aliphatic carbocycles. The molecule has 3 aliphatic rings. The number of nitrogens with zero attached hydrogens (tertiary/aromatic N) is 1. The number of aliphatic hydroxyl groups is 1. The number of benzene rings is 2. The SMILES string of the molecule is CCCNC(=O)[C@@H]1[C@H]2C(=O)N(CCCCCCO)C(C(=O)Nc3ccc4ccccc4c3)C23CC[C@@]1(C)S3. The molecule has 1 spiro atoms. The van der Waals surface area contributed by atoms with Crippen molar-refractivity contribution >= 4 is 45.9 Å². The van der Waals surface area contributed by atoms with Crippen LogP contribution in [0.5, 0.6) is 0 Å². The molecule has 3 saturated heterocycles. The summed E-state index contributed by atoms with van der Waals surface area (Å²) < 4.78 is -0.959. The second-order valence-electron chi connectivity index (χ2n) is 11.2. The zero-order valence-corrected chi connectivity index (χ0v) is 23.2. The lowest BCUT2D eigenvalue weighted by atomic mass is 9.66. The number of carbonyl (C=O) groups is 3. The number of carbonyl (C=O) groups excluding carboxylic acids is 3. The Morgan fingerprint density at radius 2 is 1.82 bits per heavy atom. The highest BCUT2D eigenvalue weighted by Crippen LogP contribution is 2.71. The van der Waals surface area contributed by atoms with E-state index in [1.807, 2.05) is 49.4 Å². The van der Waals surface area contributed by atoms with Crippen molar-refractivity contribution in [2.75, 3.05) is 25.0 Å². The van der Waals surface area contributed by atoms with Crippen LogP contribution < -0.4 is 10.6 Å². The van der Waals surface area contributed by atoms with Crippen LogP contribution in [-0.4, -0.2) is 63.0 Å². The zero-order chi connectivity index (χ0) is 26.9. The molecule has 2 aromatic carbocycles. The average molecular weight is 538 g/mol. The van der Waals surface area contributed by atoms with Crippen molar-refractivity contribution in [3.8, 4) is 0 Å². The summed E-state index contributed by atoms with van der Waals surface area (Å²) in [5.74, 6) is -1.21. The van der Waals surface area contributed by atoms with Gasteiger partial charge in [0.2, 0.25) is 17.7 Å². The number of nitrogens with one attached hydrogen (secondary N) is 2. The molecule has 5 rings (SSSR count). The molecule has 8 heteroatoms. The summed E-state index contributed by atoms with van der Waals surface area (Å²) in [5, 5.41) is 17.5. The highest BCUT2D eigenvalue weighted by molar-refractivity contribution is 8.02. The van der Waals surface area contributed by atoms with Gasteiger partial charge in [-0.25, -0.2) is 0 Å². The number of hydrogen-bond acceptors (Lipinski definition) is 5. The van der Waals surface area contributed by atoms with Crippen LogP contribution in [0.25, 0.3) is 10.8 Å². The van der Waals surface area contributed by atoms with Crippen molar-refractivity contribution < 1.29 is 19.5 Å².